The van der Waals surface area contributed by atoms with Gasteiger partial charge in [-0.1, -0.05) is 19.8 Å². The van der Waals surface area contributed by atoms with Crippen LogP contribution in [0.3, 0.4) is 0 Å². The van der Waals surface area contributed by atoms with Crippen molar-refractivity contribution in [2.45, 2.75) is 76.9 Å². The van der Waals surface area contributed by atoms with Crippen LogP contribution in [-0.2, 0) is 4.79 Å². The molecule has 0 amide bonds. The second-order valence-corrected chi connectivity index (χ2v) is 9.52. The van der Waals surface area contributed by atoms with Gasteiger partial charge in [0.1, 0.15) is 5.78 Å². The SMILES string of the molecule is C#C[C@]1(O)[C@@H](O)C[C@H]2[C@@H]3CC[C@H]4CC(=O)CC[C@]4(C)[C@H]3CC[C@@]21C. The zero-order valence-electron chi connectivity index (χ0n) is 14.9. The third kappa shape index (κ3) is 1.85. The summed E-state index contributed by atoms with van der Waals surface area (Å²) in [7, 11) is 0. The molecule has 0 unspecified atom stereocenters. The first kappa shape index (κ1) is 16.6. The molecule has 0 aliphatic heterocycles. The van der Waals surface area contributed by atoms with Crippen LogP contribution >= 0.6 is 0 Å². The van der Waals surface area contributed by atoms with Gasteiger partial charge in [-0.05, 0) is 67.6 Å². The highest BCUT2D eigenvalue weighted by Crippen LogP contribution is 2.67. The predicted molar refractivity (Wildman–Crippen MR) is 91.9 cm³/mol. The summed E-state index contributed by atoms with van der Waals surface area (Å²) >= 11 is 0. The van der Waals surface area contributed by atoms with Gasteiger partial charge in [0, 0.05) is 18.3 Å². The fraction of sp³-hybridized carbons (Fsp3) is 0.857. The molecular weight excluding hydrogens is 300 g/mol. The molecule has 4 aliphatic carbocycles. The first-order valence-corrected chi connectivity index (χ1v) is 9.66. The second-order valence-electron chi connectivity index (χ2n) is 9.52. The van der Waals surface area contributed by atoms with Crippen LogP contribution < -0.4 is 0 Å². The molecule has 4 saturated carbocycles. The first-order valence-electron chi connectivity index (χ1n) is 9.66. The van der Waals surface area contributed by atoms with E-state index in [-0.39, 0.29) is 10.8 Å². The Morgan fingerprint density at radius 1 is 1.17 bits per heavy atom. The van der Waals surface area contributed by atoms with Crippen molar-refractivity contribution in [1.82, 2.24) is 0 Å². The number of terminal acetylenes is 1. The van der Waals surface area contributed by atoms with Crippen molar-refractivity contribution in [2.24, 2.45) is 34.5 Å². The molecule has 4 fully saturated rings. The molecule has 132 valence electrons. The molecule has 0 radical (unpaired) electrons. The van der Waals surface area contributed by atoms with Gasteiger partial charge in [-0.2, -0.15) is 0 Å². The largest absolute Gasteiger partial charge is 0.389 e. The number of aliphatic hydroxyl groups is 2. The molecule has 0 bridgehead atoms. The van der Waals surface area contributed by atoms with E-state index in [1.54, 1.807) is 0 Å². The number of carbonyl (C=O) groups excluding carboxylic acids is 1. The second kappa shape index (κ2) is 5.08. The molecule has 0 aromatic carbocycles. The smallest absolute Gasteiger partial charge is 0.156 e. The van der Waals surface area contributed by atoms with Crippen LogP contribution in [0.1, 0.15) is 65.2 Å². The average Bonchev–Trinajstić information content (AvgIpc) is 2.76. The van der Waals surface area contributed by atoms with Crippen molar-refractivity contribution in [3.63, 3.8) is 0 Å². The Balaban J connectivity index is 1.68. The predicted octanol–water partition coefficient (Wildman–Crippen LogP) is 2.93. The van der Waals surface area contributed by atoms with Gasteiger partial charge in [0.25, 0.3) is 0 Å². The lowest BCUT2D eigenvalue weighted by Gasteiger charge is -2.60. The van der Waals surface area contributed by atoms with Crippen molar-refractivity contribution < 1.29 is 15.0 Å². The molecule has 8 atom stereocenters. The van der Waals surface area contributed by atoms with E-state index >= 15 is 0 Å². The standard InChI is InChI=1S/C21H30O3/c1-4-21(24)18(23)12-17-15-6-5-13-11-14(22)7-9-19(13,2)16(15)8-10-20(17,21)3/h1,13,15-18,23-24H,5-12H2,2-3H3/t13-,15+,16-,17-,18-,19-,20-,21-/m0/s1. The minimum absolute atomic E-state index is 0.250. The Morgan fingerprint density at radius 3 is 2.62 bits per heavy atom. The van der Waals surface area contributed by atoms with E-state index in [0.717, 1.165) is 44.9 Å². The monoisotopic (exact) mass is 330 g/mol. The molecule has 0 heterocycles. The van der Waals surface area contributed by atoms with E-state index in [0.29, 0.717) is 35.9 Å². The van der Waals surface area contributed by atoms with Gasteiger partial charge in [0.05, 0.1) is 6.10 Å². The van der Waals surface area contributed by atoms with Gasteiger partial charge in [-0.3, -0.25) is 4.79 Å². The molecule has 0 saturated heterocycles. The number of aliphatic hydroxyl groups excluding tert-OH is 1. The van der Waals surface area contributed by atoms with Crippen LogP contribution in [0.5, 0.6) is 0 Å². The summed E-state index contributed by atoms with van der Waals surface area (Å²) in [6, 6.07) is 0. The maximum Gasteiger partial charge on any atom is 0.156 e. The zero-order valence-corrected chi connectivity index (χ0v) is 14.9. The summed E-state index contributed by atoms with van der Waals surface area (Å²) in [4.78, 5) is 11.9. The summed E-state index contributed by atoms with van der Waals surface area (Å²) in [6.45, 7) is 4.51. The van der Waals surface area contributed by atoms with Gasteiger partial charge in [0.15, 0.2) is 5.60 Å². The van der Waals surface area contributed by atoms with E-state index in [1.165, 1.54) is 0 Å². The highest BCUT2D eigenvalue weighted by Gasteiger charge is 2.67. The fourth-order valence-corrected chi connectivity index (χ4v) is 7.33. The molecular formula is C21H30O3. The Labute approximate surface area is 145 Å². The number of rotatable bonds is 0. The topological polar surface area (TPSA) is 57.5 Å². The Kier molecular flexibility index (Phi) is 3.52. The average molecular weight is 330 g/mol. The zero-order chi connectivity index (χ0) is 17.3. The van der Waals surface area contributed by atoms with E-state index in [2.05, 4.69) is 19.8 Å². The van der Waals surface area contributed by atoms with Crippen LogP contribution in [0.2, 0.25) is 0 Å². The lowest BCUT2D eigenvalue weighted by Crippen LogP contribution is -2.57. The van der Waals surface area contributed by atoms with Crippen LogP contribution in [0.4, 0.5) is 0 Å². The summed E-state index contributed by atoms with van der Waals surface area (Å²) in [5.41, 5.74) is -1.51. The Bertz CT molecular complexity index is 607. The third-order valence-electron chi connectivity index (χ3n) is 8.92. The van der Waals surface area contributed by atoms with Crippen molar-refractivity contribution in [2.75, 3.05) is 0 Å². The number of carbonyl (C=O) groups is 1. The van der Waals surface area contributed by atoms with Gasteiger partial charge in [0.2, 0.25) is 0 Å². The minimum atomic E-state index is -1.39. The van der Waals surface area contributed by atoms with Crippen molar-refractivity contribution in [3.8, 4) is 12.3 Å². The molecule has 4 aliphatic rings. The summed E-state index contributed by atoms with van der Waals surface area (Å²) < 4.78 is 0. The molecule has 0 aromatic rings. The molecule has 3 nitrogen and oxygen atoms in total. The van der Waals surface area contributed by atoms with Crippen molar-refractivity contribution in [3.05, 3.63) is 0 Å². The highest BCUT2D eigenvalue weighted by atomic mass is 16.3. The lowest BCUT2D eigenvalue weighted by atomic mass is 9.44. The van der Waals surface area contributed by atoms with E-state index in [4.69, 9.17) is 6.42 Å². The van der Waals surface area contributed by atoms with Gasteiger partial charge >= 0.3 is 0 Å². The van der Waals surface area contributed by atoms with Crippen LogP contribution in [0.25, 0.3) is 0 Å². The van der Waals surface area contributed by atoms with E-state index in [9.17, 15) is 15.0 Å². The first-order chi connectivity index (χ1) is 11.3. The summed E-state index contributed by atoms with van der Waals surface area (Å²) in [5, 5.41) is 21.5. The maximum absolute atomic E-state index is 11.9. The Morgan fingerprint density at radius 2 is 1.92 bits per heavy atom. The van der Waals surface area contributed by atoms with Crippen LogP contribution in [0, 0.1) is 46.8 Å². The summed E-state index contributed by atoms with van der Waals surface area (Å²) in [6.07, 6.45) is 12.2. The number of ketones is 1. The van der Waals surface area contributed by atoms with Gasteiger partial charge < -0.3 is 10.2 Å². The van der Waals surface area contributed by atoms with Gasteiger partial charge in [-0.15, -0.1) is 6.42 Å². The molecule has 3 heteroatoms. The molecule has 0 spiro atoms. The molecule has 24 heavy (non-hydrogen) atoms. The van der Waals surface area contributed by atoms with E-state index < -0.39 is 11.7 Å². The highest BCUT2D eigenvalue weighted by molar-refractivity contribution is 5.79. The number of hydrogen-bond acceptors (Lipinski definition) is 3. The van der Waals surface area contributed by atoms with Crippen LogP contribution in [-0.4, -0.2) is 27.7 Å². The number of hydrogen-bond donors (Lipinski definition) is 2. The maximum atomic E-state index is 11.9. The minimum Gasteiger partial charge on any atom is -0.389 e. The molecule has 2 N–H and O–H groups in total. The quantitative estimate of drug-likeness (QED) is 0.672. The van der Waals surface area contributed by atoms with Crippen molar-refractivity contribution >= 4 is 5.78 Å². The summed E-state index contributed by atoms with van der Waals surface area (Å²) in [5.74, 6) is 4.95. The van der Waals surface area contributed by atoms with Gasteiger partial charge in [-0.25, -0.2) is 0 Å². The van der Waals surface area contributed by atoms with E-state index in [1.807, 2.05) is 0 Å². The third-order valence-corrected chi connectivity index (χ3v) is 8.92. The fourth-order valence-electron chi connectivity index (χ4n) is 7.33. The lowest BCUT2D eigenvalue weighted by molar-refractivity contribution is -0.151. The Hall–Kier alpha value is -0.850. The van der Waals surface area contributed by atoms with Crippen molar-refractivity contribution in [1.29, 1.82) is 0 Å². The van der Waals surface area contributed by atoms with Crippen LogP contribution in [0.15, 0.2) is 0 Å². The number of Topliss-reactive ketones (excluding diaryl/α,β-unsaturated/α-hetero) is 1. The normalized spacial score (nSPS) is 56.8. The number of fused-ring (bicyclic) bond motifs is 5. The molecule has 4 rings (SSSR count). The molecule has 0 aromatic heterocycles.